The topological polar surface area (TPSA) is 33.3 Å². The summed E-state index contributed by atoms with van der Waals surface area (Å²) in [4.78, 5) is 0. The molecule has 0 saturated heterocycles. The summed E-state index contributed by atoms with van der Waals surface area (Å²) in [6.07, 6.45) is 5.85. The van der Waals surface area contributed by atoms with Crippen LogP contribution in [0.25, 0.3) is 0 Å². The Morgan fingerprint density at radius 2 is 2.14 bits per heavy atom. The number of ether oxygens (including phenoxy) is 1. The van der Waals surface area contributed by atoms with Gasteiger partial charge in [-0.3, -0.25) is 0 Å². The zero-order valence-electron chi connectivity index (χ0n) is 13.1. The third-order valence-electron chi connectivity index (χ3n) is 4.63. The number of hydrogen-bond donors (Lipinski definition) is 2. The molecule has 1 fully saturated rings. The van der Waals surface area contributed by atoms with Crippen LogP contribution in [0.5, 0.6) is 0 Å². The first-order chi connectivity index (χ1) is 10.2. The fourth-order valence-corrected chi connectivity index (χ4v) is 3.83. The van der Waals surface area contributed by atoms with Crippen molar-refractivity contribution in [1.29, 1.82) is 0 Å². The van der Waals surface area contributed by atoms with E-state index in [4.69, 9.17) is 16.3 Å². The van der Waals surface area contributed by atoms with E-state index in [0.717, 1.165) is 31.0 Å². The molecule has 1 saturated carbocycles. The van der Waals surface area contributed by atoms with Crippen LogP contribution in [0.3, 0.4) is 0 Å². The van der Waals surface area contributed by atoms with E-state index < -0.39 is 0 Å². The predicted octanol–water partition coefficient (Wildman–Crippen LogP) is 3.32. The van der Waals surface area contributed by atoms with Crippen LogP contribution in [-0.2, 0) is 10.3 Å². The van der Waals surface area contributed by atoms with Gasteiger partial charge in [-0.15, -0.1) is 0 Å². The predicted molar refractivity (Wildman–Crippen MR) is 88.9 cm³/mol. The lowest BCUT2D eigenvalue weighted by atomic mass is 9.72. The number of benzene rings is 1. The van der Waals surface area contributed by atoms with Crippen molar-refractivity contribution >= 4 is 11.6 Å². The highest BCUT2D eigenvalue weighted by Crippen LogP contribution is 2.40. The minimum absolute atomic E-state index is 0.0658. The highest BCUT2D eigenvalue weighted by atomic mass is 35.5. The lowest BCUT2D eigenvalue weighted by Gasteiger charge is -2.45. The van der Waals surface area contributed by atoms with Gasteiger partial charge in [0.2, 0.25) is 0 Å². The van der Waals surface area contributed by atoms with E-state index in [0.29, 0.717) is 6.04 Å². The molecule has 0 radical (unpaired) electrons. The van der Waals surface area contributed by atoms with Crippen LogP contribution in [0.4, 0.5) is 0 Å². The minimum Gasteiger partial charge on any atom is -0.385 e. The second-order valence-corrected chi connectivity index (χ2v) is 6.21. The summed E-state index contributed by atoms with van der Waals surface area (Å²) >= 11 is 6.49. The molecule has 1 aliphatic carbocycles. The molecule has 0 amide bonds. The number of hydrogen-bond acceptors (Lipinski definition) is 3. The first-order valence-corrected chi connectivity index (χ1v) is 8.28. The van der Waals surface area contributed by atoms with Crippen molar-refractivity contribution in [3.8, 4) is 0 Å². The molecule has 1 aliphatic rings. The molecule has 0 heterocycles. The van der Waals surface area contributed by atoms with Gasteiger partial charge in [-0.05, 0) is 44.5 Å². The van der Waals surface area contributed by atoms with Crippen LogP contribution in [0.2, 0.25) is 5.02 Å². The maximum atomic E-state index is 6.49. The largest absolute Gasteiger partial charge is 0.385 e. The fourth-order valence-electron chi connectivity index (χ4n) is 3.52. The van der Waals surface area contributed by atoms with E-state index >= 15 is 0 Å². The maximum absolute atomic E-state index is 6.49. The Kier molecular flexibility index (Phi) is 6.49. The standard InChI is InChI=1S/C17H27ClN2O/c1-19-17(14-8-3-4-9-15(14)18)11-6-5-10-16(17)20-12-7-13-21-2/h3-4,8-9,16,19-20H,5-7,10-13H2,1-2H3/t16-,17+/m1/s1. The zero-order chi connectivity index (χ0) is 15.1. The first kappa shape index (κ1) is 16.8. The molecular formula is C17H27ClN2O. The van der Waals surface area contributed by atoms with Gasteiger partial charge < -0.3 is 15.4 Å². The Hall–Kier alpha value is -0.610. The van der Waals surface area contributed by atoms with Crippen LogP contribution in [-0.4, -0.2) is 33.4 Å². The molecule has 0 bridgehead atoms. The molecule has 0 aliphatic heterocycles. The molecule has 0 aromatic heterocycles. The monoisotopic (exact) mass is 310 g/mol. The lowest BCUT2D eigenvalue weighted by molar-refractivity contribution is 0.164. The third kappa shape index (κ3) is 3.78. The highest BCUT2D eigenvalue weighted by molar-refractivity contribution is 6.31. The summed E-state index contributed by atoms with van der Waals surface area (Å²) in [5, 5.41) is 8.17. The summed E-state index contributed by atoms with van der Waals surface area (Å²) in [6.45, 7) is 1.78. The van der Waals surface area contributed by atoms with Crippen LogP contribution in [0.15, 0.2) is 24.3 Å². The normalized spacial score (nSPS) is 26.0. The van der Waals surface area contributed by atoms with E-state index in [1.807, 2.05) is 12.1 Å². The van der Waals surface area contributed by atoms with Crippen molar-refractivity contribution < 1.29 is 4.74 Å². The number of halogens is 1. The molecule has 0 spiro atoms. The number of likely N-dealkylation sites (N-methyl/N-ethyl adjacent to an activating group) is 1. The average Bonchev–Trinajstić information content (AvgIpc) is 2.52. The Bertz CT molecular complexity index is 441. The molecule has 118 valence electrons. The zero-order valence-corrected chi connectivity index (χ0v) is 13.9. The molecule has 2 N–H and O–H groups in total. The Morgan fingerprint density at radius 3 is 2.86 bits per heavy atom. The van der Waals surface area contributed by atoms with Gasteiger partial charge in [0, 0.05) is 24.8 Å². The van der Waals surface area contributed by atoms with Gasteiger partial charge in [0.15, 0.2) is 0 Å². The summed E-state index contributed by atoms with van der Waals surface area (Å²) in [6, 6.07) is 8.64. The van der Waals surface area contributed by atoms with Crippen molar-refractivity contribution in [2.45, 2.75) is 43.7 Å². The summed E-state index contributed by atoms with van der Waals surface area (Å²) in [7, 11) is 3.81. The van der Waals surface area contributed by atoms with Crippen LogP contribution in [0, 0.1) is 0 Å². The van der Waals surface area contributed by atoms with Crippen LogP contribution >= 0.6 is 11.6 Å². The quantitative estimate of drug-likeness (QED) is 0.758. The molecular weight excluding hydrogens is 284 g/mol. The Morgan fingerprint density at radius 1 is 1.33 bits per heavy atom. The molecule has 1 aromatic carbocycles. The van der Waals surface area contributed by atoms with E-state index in [1.165, 1.54) is 24.8 Å². The summed E-state index contributed by atoms with van der Waals surface area (Å²) < 4.78 is 5.14. The molecule has 2 atom stereocenters. The van der Waals surface area contributed by atoms with E-state index in [-0.39, 0.29) is 5.54 Å². The van der Waals surface area contributed by atoms with Gasteiger partial charge in [-0.25, -0.2) is 0 Å². The lowest BCUT2D eigenvalue weighted by Crippen LogP contribution is -2.58. The van der Waals surface area contributed by atoms with Crippen LogP contribution in [0.1, 0.15) is 37.7 Å². The second-order valence-electron chi connectivity index (χ2n) is 5.80. The minimum atomic E-state index is -0.0658. The molecule has 0 unspecified atom stereocenters. The smallest absolute Gasteiger partial charge is 0.0602 e. The van der Waals surface area contributed by atoms with Crippen molar-refractivity contribution in [3.63, 3.8) is 0 Å². The third-order valence-corrected chi connectivity index (χ3v) is 4.95. The van der Waals surface area contributed by atoms with Gasteiger partial charge in [-0.2, -0.15) is 0 Å². The van der Waals surface area contributed by atoms with Gasteiger partial charge in [0.05, 0.1) is 5.54 Å². The van der Waals surface area contributed by atoms with Crippen molar-refractivity contribution in [2.75, 3.05) is 27.3 Å². The van der Waals surface area contributed by atoms with Crippen LogP contribution < -0.4 is 10.6 Å². The second kappa shape index (κ2) is 8.14. The average molecular weight is 311 g/mol. The Labute approximate surface area is 133 Å². The first-order valence-electron chi connectivity index (χ1n) is 7.91. The Balaban J connectivity index is 2.18. The van der Waals surface area contributed by atoms with Gasteiger partial charge in [0.25, 0.3) is 0 Å². The van der Waals surface area contributed by atoms with Gasteiger partial charge in [0.1, 0.15) is 0 Å². The summed E-state index contributed by atoms with van der Waals surface area (Å²) in [5.41, 5.74) is 1.15. The van der Waals surface area contributed by atoms with Gasteiger partial charge in [-0.1, -0.05) is 42.6 Å². The fraction of sp³-hybridized carbons (Fsp3) is 0.647. The van der Waals surface area contributed by atoms with Crippen molar-refractivity contribution in [2.24, 2.45) is 0 Å². The van der Waals surface area contributed by atoms with E-state index in [1.54, 1.807) is 7.11 Å². The van der Waals surface area contributed by atoms with E-state index in [2.05, 4.69) is 29.8 Å². The van der Waals surface area contributed by atoms with Crippen molar-refractivity contribution in [1.82, 2.24) is 10.6 Å². The molecule has 21 heavy (non-hydrogen) atoms. The highest BCUT2D eigenvalue weighted by Gasteiger charge is 2.41. The van der Waals surface area contributed by atoms with E-state index in [9.17, 15) is 0 Å². The molecule has 3 nitrogen and oxygen atoms in total. The van der Waals surface area contributed by atoms with Gasteiger partial charge >= 0.3 is 0 Å². The summed E-state index contributed by atoms with van der Waals surface area (Å²) in [5.74, 6) is 0. The molecule has 2 rings (SSSR count). The molecule has 4 heteroatoms. The number of rotatable bonds is 7. The SMILES string of the molecule is CN[C@]1(c2ccccc2Cl)CCCC[C@H]1NCCCOC. The number of nitrogens with one attached hydrogen (secondary N) is 2. The maximum Gasteiger partial charge on any atom is 0.0602 e. The van der Waals surface area contributed by atoms with Crippen molar-refractivity contribution in [3.05, 3.63) is 34.9 Å². The molecule has 1 aromatic rings. The number of methoxy groups -OCH3 is 1.